The third kappa shape index (κ3) is 7.00. The minimum Gasteiger partial charge on any atom is -0.342 e. The van der Waals surface area contributed by atoms with Crippen LogP contribution in [-0.2, 0) is 11.3 Å². The highest BCUT2D eigenvalue weighted by Gasteiger charge is 2.27. The molecule has 0 bridgehead atoms. The van der Waals surface area contributed by atoms with Crippen molar-refractivity contribution >= 4 is 68.4 Å². The molecule has 2 N–H and O–H groups in total. The molecule has 0 radical (unpaired) electrons. The van der Waals surface area contributed by atoms with Crippen LogP contribution in [0.4, 0.5) is 5.69 Å². The van der Waals surface area contributed by atoms with Crippen LogP contribution in [0.1, 0.15) is 48.6 Å². The second-order valence-corrected chi connectivity index (χ2v) is 10.8. The molecule has 11 heteroatoms. The lowest BCUT2D eigenvalue weighted by atomic mass is 10.0. The standard InChI is InChI=1S/C24H26BrCl2N5O2S/c1-5-32-22(21(13(2)3)29-23(34)17-8-6-15(26)11-19(17)27)30-31-24(32)35-12-20(33)28-16-7-9-18(25)14(4)10-16/h6-11,13,21H,5,12H2,1-4H3,(H,28,33)(H,29,34)/t21-/m0/s1. The fraction of sp³-hybridized carbons (Fsp3) is 0.333. The maximum atomic E-state index is 12.9. The van der Waals surface area contributed by atoms with E-state index in [1.807, 2.05) is 50.5 Å². The third-order valence-electron chi connectivity index (χ3n) is 5.24. The van der Waals surface area contributed by atoms with E-state index >= 15 is 0 Å². The van der Waals surface area contributed by atoms with Crippen molar-refractivity contribution in [2.24, 2.45) is 5.92 Å². The number of thioether (sulfide) groups is 1. The van der Waals surface area contributed by atoms with Gasteiger partial charge in [-0.1, -0.05) is 64.7 Å². The molecule has 3 aromatic rings. The molecule has 3 rings (SSSR count). The zero-order valence-electron chi connectivity index (χ0n) is 19.7. The SMILES string of the molecule is CCn1c(SCC(=O)Nc2ccc(Br)c(C)c2)nnc1[C@@H](NC(=O)c1ccc(Cl)cc1Cl)C(C)C. The Morgan fingerprint density at radius 3 is 2.51 bits per heavy atom. The first-order valence-corrected chi connectivity index (χ1v) is 13.5. The van der Waals surface area contributed by atoms with Crippen LogP contribution in [0.15, 0.2) is 46.0 Å². The quantitative estimate of drug-likeness (QED) is 0.273. The van der Waals surface area contributed by atoms with Gasteiger partial charge in [0.2, 0.25) is 5.91 Å². The van der Waals surface area contributed by atoms with E-state index in [0.717, 1.165) is 15.7 Å². The number of aromatic nitrogens is 3. The lowest BCUT2D eigenvalue weighted by Crippen LogP contribution is -2.34. The summed E-state index contributed by atoms with van der Waals surface area (Å²) in [5.41, 5.74) is 2.10. The summed E-state index contributed by atoms with van der Waals surface area (Å²) in [6.45, 7) is 8.49. The van der Waals surface area contributed by atoms with Crippen LogP contribution >= 0.6 is 50.9 Å². The summed E-state index contributed by atoms with van der Waals surface area (Å²) in [5, 5.41) is 15.9. The molecule has 0 spiro atoms. The minimum atomic E-state index is -0.407. The Balaban J connectivity index is 1.72. The number of nitrogens with zero attached hydrogens (tertiary/aromatic N) is 3. The van der Waals surface area contributed by atoms with Gasteiger partial charge in [-0.05, 0) is 61.7 Å². The van der Waals surface area contributed by atoms with Crippen LogP contribution in [0.25, 0.3) is 0 Å². The Kier molecular flexibility index (Phi) is 9.63. The first-order valence-electron chi connectivity index (χ1n) is 11.0. The predicted octanol–water partition coefficient (Wildman–Crippen LogP) is 6.53. The van der Waals surface area contributed by atoms with Crippen molar-refractivity contribution in [1.82, 2.24) is 20.1 Å². The molecule has 2 amide bonds. The number of halogens is 3. The van der Waals surface area contributed by atoms with Crippen molar-refractivity contribution in [2.75, 3.05) is 11.1 Å². The first-order chi connectivity index (χ1) is 16.6. The van der Waals surface area contributed by atoms with Crippen molar-refractivity contribution in [1.29, 1.82) is 0 Å². The highest BCUT2D eigenvalue weighted by Crippen LogP contribution is 2.27. The maximum absolute atomic E-state index is 12.9. The topological polar surface area (TPSA) is 88.9 Å². The van der Waals surface area contributed by atoms with Crippen LogP contribution in [0, 0.1) is 12.8 Å². The zero-order valence-corrected chi connectivity index (χ0v) is 23.6. The molecule has 35 heavy (non-hydrogen) atoms. The fourth-order valence-corrected chi connectivity index (χ4v) is 4.96. The van der Waals surface area contributed by atoms with Gasteiger partial charge in [-0.25, -0.2) is 0 Å². The Bertz CT molecular complexity index is 1230. The van der Waals surface area contributed by atoms with Crippen molar-refractivity contribution in [3.63, 3.8) is 0 Å². The molecule has 186 valence electrons. The van der Waals surface area contributed by atoms with E-state index in [-0.39, 0.29) is 28.5 Å². The smallest absolute Gasteiger partial charge is 0.253 e. The number of hydrogen-bond donors (Lipinski definition) is 2. The van der Waals surface area contributed by atoms with Gasteiger partial charge in [0.25, 0.3) is 5.91 Å². The number of anilines is 1. The average Bonchev–Trinajstić information content (AvgIpc) is 3.20. The normalized spacial score (nSPS) is 12.0. The van der Waals surface area contributed by atoms with Crippen LogP contribution in [-0.4, -0.2) is 32.3 Å². The summed E-state index contributed by atoms with van der Waals surface area (Å²) < 4.78 is 2.90. The molecule has 1 atom stereocenters. The zero-order chi connectivity index (χ0) is 25.7. The monoisotopic (exact) mass is 597 g/mol. The Morgan fingerprint density at radius 2 is 1.89 bits per heavy atom. The summed E-state index contributed by atoms with van der Waals surface area (Å²) >= 11 is 16.9. The minimum absolute atomic E-state index is 0.0290. The number of hydrogen-bond acceptors (Lipinski definition) is 5. The number of amides is 2. The van der Waals surface area contributed by atoms with E-state index in [1.54, 1.807) is 12.1 Å². The van der Waals surface area contributed by atoms with Crippen LogP contribution in [0.3, 0.4) is 0 Å². The Morgan fingerprint density at radius 1 is 1.14 bits per heavy atom. The molecular formula is C24H26BrCl2N5O2S. The van der Waals surface area contributed by atoms with E-state index in [1.165, 1.54) is 17.8 Å². The van der Waals surface area contributed by atoms with Crippen molar-refractivity contribution < 1.29 is 9.59 Å². The summed E-state index contributed by atoms with van der Waals surface area (Å²) in [7, 11) is 0. The second-order valence-electron chi connectivity index (χ2n) is 8.21. The molecule has 0 unspecified atom stereocenters. The second kappa shape index (κ2) is 12.3. The van der Waals surface area contributed by atoms with Gasteiger partial charge in [-0.3, -0.25) is 9.59 Å². The molecule has 2 aromatic carbocycles. The van der Waals surface area contributed by atoms with Gasteiger partial charge in [0, 0.05) is 21.7 Å². The van der Waals surface area contributed by atoms with E-state index in [2.05, 4.69) is 36.8 Å². The molecule has 0 saturated carbocycles. The largest absolute Gasteiger partial charge is 0.342 e. The number of rotatable bonds is 9. The number of nitrogens with one attached hydrogen (secondary N) is 2. The van der Waals surface area contributed by atoms with Crippen molar-refractivity contribution in [2.45, 2.75) is 45.4 Å². The van der Waals surface area contributed by atoms with Gasteiger partial charge in [-0.2, -0.15) is 0 Å². The lowest BCUT2D eigenvalue weighted by Gasteiger charge is -2.22. The van der Waals surface area contributed by atoms with E-state index in [0.29, 0.717) is 28.1 Å². The summed E-state index contributed by atoms with van der Waals surface area (Å²) in [4.78, 5) is 25.5. The fourth-order valence-electron chi connectivity index (χ4n) is 3.41. The molecule has 0 aliphatic heterocycles. The van der Waals surface area contributed by atoms with Crippen molar-refractivity contribution in [3.8, 4) is 0 Å². The summed E-state index contributed by atoms with van der Waals surface area (Å²) in [6.07, 6.45) is 0. The molecule has 1 aromatic heterocycles. The van der Waals surface area contributed by atoms with Crippen molar-refractivity contribution in [3.05, 3.63) is 67.9 Å². The van der Waals surface area contributed by atoms with Crippen LogP contribution in [0.5, 0.6) is 0 Å². The summed E-state index contributed by atoms with van der Waals surface area (Å²) in [6, 6.07) is 9.99. The number of carbonyl (C=O) groups excluding carboxylic acids is 2. The molecule has 1 heterocycles. The van der Waals surface area contributed by atoms with Gasteiger partial charge in [0.05, 0.1) is 22.4 Å². The van der Waals surface area contributed by atoms with E-state index in [4.69, 9.17) is 23.2 Å². The van der Waals surface area contributed by atoms with E-state index < -0.39 is 6.04 Å². The third-order valence-corrected chi connectivity index (χ3v) is 7.65. The Labute approximate surface area is 227 Å². The van der Waals surface area contributed by atoms with Crippen LogP contribution in [0.2, 0.25) is 10.0 Å². The molecule has 0 aliphatic carbocycles. The Hall–Kier alpha value is -2.07. The molecule has 0 saturated heterocycles. The average molecular weight is 599 g/mol. The summed E-state index contributed by atoms with van der Waals surface area (Å²) in [5.74, 6) is 0.352. The first kappa shape index (κ1) is 27.5. The maximum Gasteiger partial charge on any atom is 0.253 e. The lowest BCUT2D eigenvalue weighted by molar-refractivity contribution is -0.113. The highest BCUT2D eigenvalue weighted by molar-refractivity contribution is 9.10. The van der Waals surface area contributed by atoms with Gasteiger partial charge in [-0.15, -0.1) is 10.2 Å². The van der Waals surface area contributed by atoms with Gasteiger partial charge in [0.1, 0.15) is 0 Å². The number of aryl methyl sites for hydroxylation is 1. The van der Waals surface area contributed by atoms with Gasteiger partial charge >= 0.3 is 0 Å². The molecular weight excluding hydrogens is 573 g/mol. The predicted molar refractivity (Wildman–Crippen MR) is 145 cm³/mol. The number of benzene rings is 2. The molecule has 7 nitrogen and oxygen atoms in total. The highest BCUT2D eigenvalue weighted by atomic mass is 79.9. The van der Waals surface area contributed by atoms with Gasteiger partial charge < -0.3 is 15.2 Å². The van der Waals surface area contributed by atoms with Crippen LogP contribution < -0.4 is 10.6 Å². The van der Waals surface area contributed by atoms with Gasteiger partial charge in [0.15, 0.2) is 11.0 Å². The molecule has 0 aliphatic rings. The number of carbonyl (C=O) groups is 2. The molecule has 0 fully saturated rings. The van der Waals surface area contributed by atoms with E-state index in [9.17, 15) is 9.59 Å².